The average Bonchev–Trinajstić information content (AvgIpc) is 2.50. The summed E-state index contributed by atoms with van der Waals surface area (Å²) < 4.78 is 13.4. The Labute approximate surface area is 123 Å². The van der Waals surface area contributed by atoms with Gasteiger partial charge in [0.15, 0.2) is 0 Å². The SMILES string of the molecule is N#Cc1cc(CN2CCCc3c(N)cccc32)ccc1F. The smallest absolute Gasteiger partial charge is 0.140 e. The van der Waals surface area contributed by atoms with E-state index in [1.807, 2.05) is 18.2 Å². The Morgan fingerprint density at radius 3 is 2.95 bits per heavy atom. The highest BCUT2D eigenvalue weighted by Crippen LogP contribution is 2.32. The Morgan fingerprint density at radius 2 is 2.14 bits per heavy atom. The second-order valence-electron chi connectivity index (χ2n) is 5.30. The standard InChI is InChI=1S/C17H16FN3/c18-15-7-6-12(9-13(15)10-19)11-21-8-2-3-14-16(20)4-1-5-17(14)21/h1,4-7,9H,2-3,8,11,20H2. The summed E-state index contributed by atoms with van der Waals surface area (Å²) in [4.78, 5) is 2.24. The molecule has 3 nitrogen and oxygen atoms in total. The van der Waals surface area contributed by atoms with Gasteiger partial charge in [0, 0.05) is 24.5 Å². The van der Waals surface area contributed by atoms with Gasteiger partial charge in [-0.25, -0.2) is 4.39 Å². The Kier molecular flexibility index (Phi) is 3.49. The molecule has 0 aliphatic carbocycles. The minimum Gasteiger partial charge on any atom is -0.398 e. The molecular formula is C17H16FN3. The third-order valence-electron chi connectivity index (χ3n) is 3.91. The number of rotatable bonds is 2. The van der Waals surface area contributed by atoms with Gasteiger partial charge in [0.25, 0.3) is 0 Å². The first kappa shape index (κ1) is 13.4. The first-order valence-corrected chi connectivity index (χ1v) is 7.00. The van der Waals surface area contributed by atoms with Gasteiger partial charge >= 0.3 is 0 Å². The van der Waals surface area contributed by atoms with Crippen LogP contribution in [0.3, 0.4) is 0 Å². The van der Waals surface area contributed by atoms with E-state index >= 15 is 0 Å². The summed E-state index contributed by atoms with van der Waals surface area (Å²) in [6, 6.07) is 12.6. The van der Waals surface area contributed by atoms with Gasteiger partial charge in [0.2, 0.25) is 0 Å². The number of nitrogen functional groups attached to an aromatic ring is 1. The number of nitrogens with two attached hydrogens (primary N) is 1. The van der Waals surface area contributed by atoms with Crippen LogP contribution in [0, 0.1) is 17.1 Å². The van der Waals surface area contributed by atoms with Gasteiger partial charge in [0.1, 0.15) is 11.9 Å². The lowest BCUT2D eigenvalue weighted by atomic mass is 9.99. The molecule has 0 radical (unpaired) electrons. The van der Waals surface area contributed by atoms with Crippen LogP contribution in [0.25, 0.3) is 0 Å². The van der Waals surface area contributed by atoms with E-state index < -0.39 is 5.82 Å². The van der Waals surface area contributed by atoms with Crippen LogP contribution in [0.4, 0.5) is 15.8 Å². The molecule has 3 rings (SSSR count). The third kappa shape index (κ3) is 2.55. The fraction of sp³-hybridized carbons (Fsp3) is 0.235. The van der Waals surface area contributed by atoms with E-state index in [0.29, 0.717) is 6.54 Å². The first-order chi connectivity index (χ1) is 10.2. The number of benzene rings is 2. The fourth-order valence-electron chi connectivity index (χ4n) is 2.87. The normalized spacial score (nSPS) is 13.6. The highest BCUT2D eigenvalue weighted by molar-refractivity contribution is 5.66. The van der Waals surface area contributed by atoms with E-state index in [1.54, 1.807) is 12.1 Å². The number of hydrogen-bond donors (Lipinski definition) is 1. The van der Waals surface area contributed by atoms with Crippen molar-refractivity contribution in [3.8, 4) is 6.07 Å². The zero-order valence-electron chi connectivity index (χ0n) is 11.6. The lowest BCUT2D eigenvalue weighted by molar-refractivity contribution is 0.622. The Bertz CT molecular complexity index is 718. The molecule has 0 fully saturated rings. The van der Waals surface area contributed by atoms with Gasteiger partial charge in [-0.3, -0.25) is 0 Å². The lowest BCUT2D eigenvalue weighted by Gasteiger charge is -2.32. The molecule has 0 aromatic heterocycles. The number of hydrogen-bond acceptors (Lipinski definition) is 3. The number of anilines is 2. The zero-order chi connectivity index (χ0) is 14.8. The first-order valence-electron chi connectivity index (χ1n) is 7.00. The monoisotopic (exact) mass is 281 g/mol. The van der Waals surface area contributed by atoms with E-state index in [1.165, 1.54) is 11.6 Å². The van der Waals surface area contributed by atoms with Crippen LogP contribution in [-0.2, 0) is 13.0 Å². The fourth-order valence-corrected chi connectivity index (χ4v) is 2.87. The molecule has 0 amide bonds. The molecule has 1 aliphatic heterocycles. The van der Waals surface area contributed by atoms with Gasteiger partial charge in [-0.15, -0.1) is 0 Å². The Hall–Kier alpha value is -2.54. The van der Waals surface area contributed by atoms with Crippen molar-refractivity contribution in [2.24, 2.45) is 0 Å². The van der Waals surface area contributed by atoms with Crippen LogP contribution in [0.2, 0.25) is 0 Å². The molecule has 1 heterocycles. The van der Waals surface area contributed by atoms with E-state index in [0.717, 1.165) is 36.3 Å². The average molecular weight is 281 g/mol. The second-order valence-corrected chi connectivity index (χ2v) is 5.30. The number of halogens is 1. The molecule has 0 bridgehead atoms. The molecular weight excluding hydrogens is 265 g/mol. The van der Waals surface area contributed by atoms with Crippen LogP contribution in [-0.4, -0.2) is 6.54 Å². The number of nitrogens with zero attached hydrogens (tertiary/aromatic N) is 2. The summed E-state index contributed by atoms with van der Waals surface area (Å²) in [5.74, 6) is -0.468. The van der Waals surface area contributed by atoms with Crippen molar-refractivity contribution < 1.29 is 4.39 Å². The molecule has 2 N–H and O–H groups in total. The molecule has 0 spiro atoms. The predicted molar refractivity (Wildman–Crippen MR) is 81.3 cm³/mol. The summed E-state index contributed by atoms with van der Waals surface area (Å²) in [6.07, 6.45) is 2.04. The van der Waals surface area contributed by atoms with Crippen molar-refractivity contribution in [3.63, 3.8) is 0 Å². The summed E-state index contributed by atoms with van der Waals surface area (Å²) in [5, 5.41) is 8.92. The van der Waals surface area contributed by atoms with Gasteiger partial charge in [-0.05, 0) is 48.2 Å². The van der Waals surface area contributed by atoms with Crippen molar-refractivity contribution in [3.05, 3.63) is 58.9 Å². The third-order valence-corrected chi connectivity index (χ3v) is 3.91. The molecule has 0 unspecified atom stereocenters. The Balaban J connectivity index is 1.91. The second kappa shape index (κ2) is 5.45. The Morgan fingerprint density at radius 1 is 1.29 bits per heavy atom. The quantitative estimate of drug-likeness (QED) is 0.860. The largest absolute Gasteiger partial charge is 0.398 e. The van der Waals surface area contributed by atoms with Crippen LogP contribution < -0.4 is 10.6 Å². The van der Waals surface area contributed by atoms with Crippen LogP contribution in [0.15, 0.2) is 36.4 Å². The van der Waals surface area contributed by atoms with E-state index in [4.69, 9.17) is 11.0 Å². The van der Waals surface area contributed by atoms with E-state index in [-0.39, 0.29) is 5.56 Å². The maximum absolute atomic E-state index is 13.4. The van der Waals surface area contributed by atoms with Gasteiger partial charge < -0.3 is 10.6 Å². The molecule has 1 aliphatic rings. The molecule has 2 aromatic rings. The minimum absolute atomic E-state index is 0.0947. The van der Waals surface area contributed by atoms with E-state index in [9.17, 15) is 4.39 Å². The van der Waals surface area contributed by atoms with Crippen molar-refractivity contribution in [1.29, 1.82) is 5.26 Å². The van der Waals surface area contributed by atoms with Crippen molar-refractivity contribution in [1.82, 2.24) is 0 Å². The molecule has 4 heteroatoms. The summed E-state index contributed by atoms with van der Waals surface area (Å²) >= 11 is 0. The van der Waals surface area contributed by atoms with E-state index in [2.05, 4.69) is 11.0 Å². The van der Waals surface area contributed by atoms with Crippen LogP contribution >= 0.6 is 0 Å². The molecule has 0 saturated carbocycles. The summed E-state index contributed by atoms with van der Waals surface area (Å²) in [7, 11) is 0. The van der Waals surface area contributed by atoms with Crippen molar-refractivity contribution in [2.75, 3.05) is 17.2 Å². The molecule has 0 atom stereocenters. The van der Waals surface area contributed by atoms with Gasteiger partial charge in [-0.2, -0.15) is 5.26 Å². The maximum Gasteiger partial charge on any atom is 0.140 e. The summed E-state index contributed by atoms with van der Waals surface area (Å²) in [6.45, 7) is 1.60. The van der Waals surface area contributed by atoms with Crippen LogP contribution in [0.5, 0.6) is 0 Å². The van der Waals surface area contributed by atoms with Crippen molar-refractivity contribution >= 4 is 11.4 Å². The van der Waals surface area contributed by atoms with Gasteiger partial charge in [0.05, 0.1) is 5.56 Å². The molecule has 106 valence electrons. The van der Waals surface area contributed by atoms with Crippen molar-refractivity contribution in [2.45, 2.75) is 19.4 Å². The highest BCUT2D eigenvalue weighted by atomic mass is 19.1. The number of nitriles is 1. The minimum atomic E-state index is -0.468. The lowest BCUT2D eigenvalue weighted by Crippen LogP contribution is -2.29. The molecule has 21 heavy (non-hydrogen) atoms. The van der Waals surface area contributed by atoms with Crippen LogP contribution in [0.1, 0.15) is 23.1 Å². The van der Waals surface area contributed by atoms with Gasteiger partial charge in [-0.1, -0.05) is 12.1 Å². The maximum atomic E-state index is 13.4. The number of fused-ring (bicyclic) bond motifs is 1. The zero-order valence-corrected chi connectivity index (χ0v) is 11.6. The topological polar surface area (TPSA) is 53.0 Å². The molecule has 0 saturated heterocycles. The molecule has 2 aromatic carbocycles. The highest BCUT2D eigenvalue weighted by Gasteiger charge is 2.18. The predicted octanol–water partition coefficient (Wildman–Crippen LogP) is 3.23. The summed E-state index contributed by atoms with van der Waals surface area (Å²) in [5.41, 5.74) is 10.2.